The van der Waals surface area contributed by atoms with Crippen LogP contribution in [0.2, 0.25) is 0 Å². The van der Waals surface area contributed by atoms with E-state index in [9.17, 15) is 9.59 Å². The number of methoxy groups -OCH3 is 1. The second-order valence-corrected chi connectivity index (χ2v) is 5.22. The van der Waals surface area contributed by atoms with Gasteiger partial charge in [-0.2, -0.15) is 0 Å². The summed E-state index contributed by atoms with van der Waals surface area (Å²) in [5.74, 6) is -0.0774. The van der Waals surface area contributed by atoms with Crippen LogP contribution in [0.15, 0.2) is 27.2 Å². The third-order valence-corrected chi connectivity index (χ3v) is 3.33. The van der Waals surface area contributed by atoms with Gasteiger partial charge in [0.05, 0.1) is 18.4 Å². The van der Waals surface area contributed by atoms with Gasteiger partial charge in [0.15, 0.2) is 0 Å². The van der Waals surface area contributed by atoms with Crippen molar-refractivity contribution in [1.29, 1.82) is 0 Å². The maximum absolute atomic E-state index is 12.5. The average molecular weight is 321 g/mol. The molecule has 0 aliphatic rings. The van der Waals surface area contributed by atoms with Gasteiger partial charge in [0.2, 0.25) is 0 Å². The molecule has 0 spiro atoms. The molecule has 7 nitrogen and oxygen atoms in total. The number of amides is 1. The molecule has 1 unspecified atom stereocenters. The van der Waals surface area contributed by atoms with Gasteiger partial charge in [-0.25, -0.2) is 0 Å². The Kier molecular flexibility index (Phi) is 5.23. The number of rotatable bonds is 7. The van der Waals surface area contributed by atoms with Gasteiger partial charge in [-0.15, -0.1) is 0 Å². The first kappa shape index (κ1) is 16.8. The molecule has 0 aromatic carbocycles. The number of carbonyl (C=O) groups excluding carboxylic acids is 1. The molecule has 1 amide bonds. The quantitative estimate of drug-likeness (QED) is 0.811. The van der Waals surface area contributed by atoms with E-state index in [-0.39, 0.29) is 24.4 Å². The topological polar surface area (TPSA) is 102 Å². The highest BCUT2D eigenvalue weighted by molar-refractivity contribution is 5.97. The van der Waals surface area contributed by atoms with E-state index in [1.54, 1.807) is 26.0 Å². The van der Waals surface area contributed by atoms with Gasteiger partial charge in [-0.1, -0.05) is 0 Å². The normalized spacial score (nSPS) is 12.1. The molecule has 2 aromatic rings. The Bertz CT molecular complexity index is 699. The average Bonchev–Trinajstić information content (AvgIpc) is 3.04. The molecule has 0 aliphatic carbocycles. The molecular formula is C16H19NO6. The molecule has 2 aromatic heterocycles. The van der Waals surface area contributed by atoms with Gasteiger partial charge in [0.1, 0.15) is 29.7 Å². The van der Waals surface area contributed by atoms with E-state index < -0.39 is 17.9 Å². The zero-order valence-corrected chi connectivity index (χ0v) is 13.2. The number of carboxylic acids is 1. The van der Waals surface area contributed by atoms with Crippen molar-refractivity contribution >= 4 is 11.9 Å². The van der Waals surface area contributed by atoms with Gasteiger partial charge in [0, 0.05) is 12.7 Å². The fourth-order valence-corrected chi connectivity index (χ4v) is 2.30. The summed E-state index contributed by atoms with van der Waals surface area (Å²) in [6, 6.07) is 3.08. The molecule has 7 heteroatoms. The number of aliphatic carboxylic acids is 1. The molecule has 124 valence electrons. The largest absolute Gasteiger partial charge is 0.481 e. The first-order chi connectivity index (χ1) is 10.9. The summed E-state index contributed by atoms with van der Waals surface area (Å²) in [6.07, 6.45) is 1.01. The Morgan fingerprint density at radius 2 is 2.09 bits per heavy atom. The molecule has 0 bridgehead atoms. The fraction of sp³-hybridized carbons (Fsp3) is 0.375. The summed E-state index contributed by atoms with van der Waals surface area (Å²) in [6.45, 7) is 3.72. The predicted octanol–water partition coefficient (Wildman–Crippen LogP) is 2.23. The van der Waals surface area contributed by atoms with Gasteiger partial charge in [-0.3, -0.25) is 9.59 Å². The number of ether oxygens (including phenoxy) is 1. The summed E-state index contributed by atoms with van der Waals surface area (Å²) >= 11 is 0. The van der Waals surface area contributed by atoms with Crippen molar-refractivity contribution < 1.29 is 28.3 Å². The lowest BCUT2D eigenvalue weighted by Crippen LogP contribution is -2.32. The third-order valence-electron chi connectivity index (χ3n) is 3.33. The lowest BCUT2D eigenvalue weighted by atomic mass is 10.1. The zero-order chi connectivity index (χ0) is 17.0. The van der Waals surface area contributed by atoms with Crippen molar-refractivity contribution in [3.05, 3.63) is 46.8 Å². The fourth-order valence-electron chi connectivity index (χ4n) is 2.30. The van der Waals surface area contributed by atoms with E-state index in [0.717, 1.165) is 5.76 Å². The minimum absolute atomic E-state index is 0.124. The SMILES string of the molecule is COCC(NC(=O)c1c(C)coc1CC(=O)O)c1ccc(C)o1. The van der Waals surface area contributed by atoms with Gasteiger partial charge < -0.3 is 24.0 Å². The highest BCUT2D eigenvalue weighted by Crippen LogP contribution is 2.21. The van der Waals surface area contributed by atoms with Crippen LogP contribution in [0.1, 0.15) is 39.2 Å². The number of hydrogen-bond donors (Lipinski definition) is 2. The highest BCUT2D eigenvalue weighted by Gasteiger charge is 2.24. The van der Waals surface area contributed by atoms with E-state index in [1.165, 1.54) is 13.4 Å². The van der Waals surface area contributed by atoms with E-state index in [1.807, 2.05) is 0 Å². The van der Waals surface area contributed by atoms with Crippen LogP contribution in [0.25, 0.3) is 0 Å². The van der Waals surface area contributed by atoms with Gasteiger partial charge in [-0.05, 0) is 26.0 Å². The van der Waals surface area contributed by atoms with Crippen LogP contribution in [-0.2, 0) is 16.0 Å². The van der Waals surface area contributed by atoms with Crippen LogP contribution in [0.3, 0.4) is 0 Å². The number of carboxylic acid groups (broad SMARTS) is 1. The number of furan rings is 2. The van der Waals surface area contributed by atoms with Crippen molar-refractivity contribution in [3.63, 3.8) is 0 Å². The Balaban J connectivity index is 2.22. The van der Waals surface area contributed by atoms with E-state index in [0.29, 0.717) is 11.3 Å². The summed E-state index contributed by atoms with van der Waals surface area (Å²) in [5, 5.41) is 11.7. The lowest BCUT2D eigenvalue weighted by molar-refractivity contribution is -0.136. The Morgan fingerprint density at radius 1 is 1.35 bits per heavy atom. The van der Waals surface area contributed by atoms with E-state index >= 15 is 0 Å². The molecule has 0 radical (unpaired) electrons. The zero-order valence-electron chi connectivity index (χ0n) is 13.2. The third kappa shape index (κ3) is 4.01. The van der Waals surface area contributed by atoms with Crippen LogP contribution < -0.4 is 5.32 Å². The molecule has 2 rings (SSSR count). The van der Waals surface area contributed by atoms with Crippen LogP contribution in [-0.4, -0.2) is 30.7 Å². The molecule has 1 atom stereocenters. The number of aryl methyl sites for hydroxylation is 2. The van der Waals surface area contributed by atoms with Crippen LogP contribution in [0.5, 0.6) is 0 Å². The molecule has 23 heavy (non-hydrogen) atoms. The summed E-state index contributed by atoms with van der Waals surface area (Å²) in [4.78, 5) is 23.4. The summed E-state index contributed by atoms with van der Waals surface area (Å²) in [5.41, 5.74) is 0.808. The van der Waals surface area contributed by atoms with Crippen molar-refractivity contribution in [3.8, 4) is 0 Å². The van der Waals surface area contributed by atoms with Gasteiger partial charge in [0.25, 0.3) is 5.91 Å². The number of carbonyl (C=O) groups is 2. The molecule has 0 fully saturated rings. The number of hydrogen-bond acceptors (Lipinski definition) is 5. The van der Waals surface area contributed by atoms with Crippen molar-refractivity contribution in [1.82, 2.24) is 5.32 Å². The molecule has 0 aliphatic heterocycles. The van der Waals surface area contributed by atoms with Crippen LogP contribution >= 0.6 is 0 Å². The summed E-state index contributed by atoms with van der Waals surface area (Å²) < 4.78 is 15.8. The van der Waals surface area contributed by atoms with Crippen LogP contribution in [0, 0.1) is 13.8 Å². The van der Waals surface area contributed by atoms with Gasteiger partial charge >= 0.3 is 5.97 Å². The Labute approximate surface area is 133 Å². The molecule has 0 saturated heterocycles. The predicted molar refractivity (Wildman–Crippen MR) is 80.3 cm³/mol. The van der Waals surface area contributed by atoms with Crippen LogP contribution in [0.4, 0.5) is 0 Å². The first-order valence-electron chi connectivity index (χ1n) is 7.07. The smallest absolute Gasteiger partial charge is 0.311 e. The minimum atomic E-state index is -1.07. The maximum Gasteiger partial charge on any atom is 0.311 e. The van der Waals surface area contributed by atoms with Crippen molar-refractivity contribution in [2.75, 3.05) is 13.7 Å². The lowest BCUT2D eigenvalue weighted by Gasteiger charge is -2.16. The van der Waals surface area contributed by atoms with Crippen molar-refractivity contribution in [2.45, 2.75) is 26.3 Å². The maximum atomic E-state index is 12.5. The van der Waals surface area contributed by atoms with E-state index in [4.69, 9.17) is 18.7 Å². The van der Waals surface area contributed by atoms with Crippen molar-refractivity contribution in [2.24, 2.45) is 0 Å². The first-order valence-corrected chi connectivity index (χ1v) is 7.07. The molecule has 2 heterocycles. The van der Waals surface area contributed by atoms with E-state index in [2.05, 4.69) is 5.32 Å². The second kappa shape index (κ2) is 7.15. The minimum Gasteiger partial charge on any atom is -0.481 e. The Hall–Kier alpha value is -2.54. The standard InChI is InChI=1S/C16H19NO6/c1-9-7-22-13(6-14(18)19)15(9)16(20)17-11(8-21-3)12-5-4-10(2)23-12/h4-5,7,11H,6,8H2,1-3H3,(H,17,20)(H,18,19). The second-order valence-electron chi connectivity index (χ2n) is 5.22. The number of nitrogens with one attached hydrogen (secondary N) is 1. The molecular weight excluding hydrogens is 302 g/mol. The Morgan fingerprint density at radius 3 is 2.65 bits per heavy atom. The molecule has 0 saturated carbocycles. The summed E-state index contributed by atoms with van der Waals surface area (Å²) in [7, 11) is 1.52. The molecule has 2 N–H and O–H groups in total. The monoisotopic (exact) mass is 321 g/mol. The highest BCUT2D eigenvalue weighted by atomic mass is 16.5.